The second-order valence-electron chi connectivity index (χ2n) is 7.12. The van der Waals surface area contributed by atoms with Crippen LogP contribution in [0.4, 0.5) is 0 Å². The molecule has 2 aromatic carbocycles. The van der Waals surface area contributed by atoms with E-state index in [1.165, 1.54) is 0 Å². The molecule has 1 aromatic heterocycles. The maximum Gasteiger partial charge on any atom is 0.273 e. The number of ether oxygens (including phenoxy) is 3. The van der Waals surface area contributed by atoms with Crippen LogP contribution in [-0.2, 0) is 4.74 Å². The lowest BCUT2D eigenvalue weighted by atomic mass is 9.95. The topological polar surface area (TPSA) is 96.9 Å². The number of hydrogen-bond acceptors (Lipinski definition) is 6. The Morgan fingerprint density at radius 2 is 1.97 bits per heavy atom. The standard InChI is InChI=1S/C23H25N3O5/c1-4-31-17-10-9-14(13-18(17)30-3)22-19-20(15-7-5-6-8-16(15)27)24-25-21(19)23(28)26(22)11-12-29-2/h5-10,13,22,27H,4,11-12H2,1-3H3,(H,24,25). The Hall–Kier alpha value is -3.52. The molecule has 8 heteroatoms. The molecule has 0 radical (unpaired) electrons. The van der Waals surface area contributed by atoms with Crippen LogP contribution in [-0.4, -0.2) is 60.1 Å². The molecular weight excluding hydrogens is 398 g/mol. The van der Waals surface area contributed by atoms with Gasteiger partial charge in [0.2, 0.25) is 0 Å². The second-order valence-corrected chi connectivity index (χ2v) is 7.12. The van der Waals surface area contributed by atoms with Crippen molar-refractivity contribution >= 4 is 5.91 Å². The van der Waals surface area contributed by atoms with Gasteiger partial charge in [0.15, 0.2) is 11.5 Å². The zero-order chi connectivity index (χ0) is 22.0. The van der Waals surface area contributed by atoms with Crippen molar-refractivity contribution < 1.29 is 24.1 Å². The number of phenols is 1. The third-order valence-electron chi connectivity index (χ3n) is 5.36. The average molecular weight is 423 g/mol. The Morgan fingerprint density at radius 1 is 1.16 bits per heavy atom. The van der Waals surface area contributed by atoms with Gasteiger partial charge in [-0.05, 0) is 36.8 Å². The zero-order valence-corrected chi connectivity index (χ0v) is 17.7. The quantitative estimate of drug-likeness (QED) is 0.577. The lowest BCUT2D eigenvalue weighted by molar-refractivity contribution is 0.0677. The van der Waals surface area contributed by atoms with E-state index in [0.717, 1.165) is 5.56 Å². The summed E-state index contributed by atoms with van der Waals surface area (Å²) in [5.74, 6) is 1.15. The molecule has 0 fully saturated rings. The summed E-state index contributed by atoms with van der Waals surface area (Å²) in [5, 5.41) is 17.7. The molecule has 1 aliphatic rings. The van der Waals surface area contributed by atoms with Crippen LogP contribution in [0.3, 0.4) is 0 Å². The number of phenolic OH excluding ortho intramolecular Hbond substituents is 1. The molecule has 0 bridgehead atoms. The molecule has 3 aromatic rings. The van der Waals surface area contributed by atoms with Crippen molar-refractivity contribution in [3.63, 3.8) is 0 Å². The highest BCUT2D eigenvalue weighted by Crippen LogP contribution is 2.45. The predicted molar refractivity (Wildman–Crippen MR) is 115 cm³/mol. The fourth-order valence-corrected chi connectivity index (χ4v) is 3.97. The van der Waals surface area contributed by atoms with Crippen LogP contribution in [0.25, 0.3) is 11.3 Å². The minimum atomic E-state index is -0.421. The minimum Gasteiger partial charge on any atom is -0.507 e. The summed E-state index contributed by atoms with van der Waals surface area (Å²) >= 11 is 0. The van der Waals surface area contributed by atoms with Gasteiger partial charge in [-0.15, -0.1) is 0 Å². The van der Waals surface area contributed by atoms with Crippen molar-refractivity contribution in [1.29, 1.82) is 0 Å². The van der Waals surface area contributed by atoms with E-state index >= 15 is 0 Å². The van der Waals surface area contributed by atoms with Crippen molar-refractivity contribution in [1.82, 2.24) is 15.1 Å². The van der Waals surface area contributed by atoms with E-state index in [0.29, 0.717) is 53.8 Å². The number of H-pyrrole nitrogens is 1. The number of nitrogens with zero attached hydrogens (tertiary/aromatic N) is 2. The Bertz CT molecular complexity index is 1090. The van der Waals surface area contributed by atoms with Crippen LogP contribution in [0.2, 0.25) is 0 Å². The molecule has 0 aliphatic carbocycles. The van der Waals surface area contributed by atoms with Gasteiger partial charge in [-0.25, -0.2) is 0 Å². The number of amides is 1. The fraction of sp³-hybridized carbons (Fsp3) is 0.304. The van der Waals surface area contributed by atoms with E-state index in [4.69, 9.17) is 14.2 Å². The number of aromatic amines is 1. The third-order valence-corrected chi connectivity index (χ3v) is 5.36. The molecule has 1 atom stereocenters. The van der Waals surface area contributed by atoms with Crippen LogP contribution in [0.5, 0.6) is 17.2 Å². The van der Waals surface area contributed by atoms with E-state index in [9.17, 15) is 9.90 Å². The Kier molecular flexibility index (Phi) is 5.81. The van der Waals surface area contributed by atoms with Crippen molar-refractivity contribution in [2.45, 2.75) is 13.0 Å². The molecule has 4 rings (SSSR count). The number of aromatic hydroxyl groups is 1. The first-order valence-electron chi connectivity index (χ1n) is 10.1. The number of methoxy groups -OCH3 is 2. The van der Waals surface area contributed by atoms with Crippen molar-refractivity contribution in [2.75, 3.05) is 34.0 Å². The van der Waals surface area contributed by atoms with E-state index in [1.807, 2.05) is 31.2 Å². The van der Waals surface area contributed by atoms with Crippen LogP contribution < -0.4 is 9.47 Å². The summed E-state index contributed by atoms with van der Waals surface area (Å²) in [6.45, 7) is 3.21. The first-order chi connectivity index (χ1) is 15.1. The van der Waals surface area contributed by atoms with Gasteiger partial charge in [-0.2, -0.15) is 5.10 Å². The summed E-state index contributed by atoms with van der Waals surface area (Å²) < 4.78 is 16.4. The Balaban J connectivity index is 1.87. The average Bonchev–Trinajstić information content (AvgIpc) is 3.32. The highest BCUT2D eigenvalue weighted by Gasteiger charge is 2.42. The number of carbonyl (C=O) groups is 1. The summed E-state index contributed by atoms with van der Waals surface area (Å²) in [7, 11) is 3.19. The molecule has 0 saturated heterocycles. The largest absolute Gasteiger partial charge is 0.507 e. The van der Waals surface area contributed by atoms with Gasteiger partial charge in [0, 0.05) is 24.8 Å². The molecule has 0 saturated carbocycles. The van der Waals surface area contributed by atoms with Crippen LogP contribution >= 0.6 is 0 Å². The first kappa shape index (κ1) is 20.7. The van der Waals surface area contributed by atoms with Crippen molar-refractivity contribution in [3.05, 3.63) is 59.3 Å². The highest BCUT2D eigenvalue weighted by atomic mass is 16.5. The summed E-state index contributed by atoms with van der Waals surface area (Å²) in [6, 6.07) is 12.2. The molecule has 1 amide bonds. The monoisotopic (exact) mass is 423 g/mol. The van der Waals surface area contributed by atoms with Gasteiger partial charge < -0.3 is 24.2 Å². The summed E-state index contributed by atoms with van der Waals surface area (Å²) in [4.78, 5) is 15.0. The number of fused-ring (bicyclic) bond motifs is 1. The molecule has 162 valence electrons. The van der Waals surface area contributed by atoms with Gasteiger partial charge in [-0.3, -0.25) is 9.89 Å². The third kappa shape index (κ3) is 3.59. The highest BCUT2D eigenvalue weighted by molar-refractivity contribution is 6.00. The maximum atomic E-state index is 13.2. The van der Waals surface area contributed by atoms with Gasteiger partial charge in [-0.1, -0.05) is 18.2 Å². The van der Waals surface area contributed by atoms with Crippen LogP contribution in [0, 0.1) is 0 Å². The SMILES string of the molecule is CCOc1ccc(C2c3c(-c4ccccc4O)n[nH]c3C(=O)N2CCOC)cc1OC. The molecule has 2 N–H and O–H groups in total. The van der Waals surface area contributed by atoms with Gasteiger partial charge in [0.1, 0.15) is 17.1 Å². The zero-order valence-electron chi connectivity index (χ0n) is 17.7. The molecule has 8 nitrogen and oxygen atoms in total. The van der Waals surface area contributed by atoms with Gasteiger partial charge in [0.25, 0.3) is 5.91 Å². The number of benzene rings is 2. The lowest BCUT2D eigenvalue weighted by Gasteiger charge is -2.26. The molecule has 0 spiro atoms. The normalized spacial score (nSPS) is 15.3. The second kappa shape index (κ2) is 8.69. The fourth-order valence-electron chi connectivity index (χ4n) is 3.97. The van der Waals surface area contributed by atoms with Gasteiger partial charge >= 0.3 is 0 Å². The summed E-state index contributed by atoms with van der Waals surface area (Å²) in [5.41, 5.74) is 3.08. The van der Waals surface area contributed by atoms with Gasteiger partial charge in [0.05, 0.1) is 26.4 Å². The van der Waals surface area contributed by atoms with E-state index in [-0.39, 0.29) is 11.7 Å². The summed E-state index contributed by atoms with van der Waals surface area (Å²) in [6.07, 6.45) is 0. The Morgan fingerprint density at radius 3 is 2.68 bits per heavy atom. The predicted octanol–water partition coefficient (Wildman–Crippen LogP) is 3.38. The molecule has 1 aliphatic heterocycles. The first-order valence-corrected chi connectivity index (χ1v) is 10.1. The maximum absolute atomic E-state index is 13.2. The van der Waals surface area contributed by atoms with E-state index < -0.39 is 6.04 Å². The van der Waals surface area contributed by atoms with Crippen LogP contribution in [0.1, 0.15) is 34.6 Å². The lowest BCUT2D eigenvalue weighted by Crippen LogP contribution is -2.32. The number of carbonyl (C=O) groups excluding carboxylic acids is 1. The van der Waals surface area contributed by atoms with E-state index in [1.54, 1.807) is 37.3 Å². The molecule has 2 heterocycles. The Labute approximate surface area is 180 Å². The number of para-hydroxylation sites is 1. The molecule has 31 heavy (non-hydrogen) atoms. The minimum absolute atomic E-state index is 0.0996. The van der Waals surface area contributed by atoms with E-state index in [2.05, 4.69) is 10.2 Å². The number of aromatic nitrogens is 2. The molecular formula is C23H25N3O5. The number of nitrogens with one attached hydrogen (secondary N) is 1. The van der Waals surface area contributed by atoms with Crippen molar-refractivity contribution in [2.24, 2.45) is 0 Å². The smallest absolute Gasteiger partial charge is 0.273 e. The number of rotatable bonds is 8. The van der Waals surface area contributed by atoms with Crippen LogP contribution in [0.15, 0.2) is 42.5 Å². The molecule has 1 unspecified atom stereocenters. The number of hydrogen-bond donors (Lipinski definition) is 2. The van der Waals surface area contributed by atoms with Crippen molar-refractivity contribution in [3.8, 4) is 28.5 Å².